The maximum atomic E-state index is 13.0. The average molecular weight is 412 g/mol. The molecular weight excluding hydrogens is 382 g/mol. The molecule has 1 spiro atoms. The van der Waals surface area contributed by atoms with Gasteiger partial charge in [0.1, 0.15) is 11.4 Å². The molecule has 2 atom stereocenters. The van der Waals surface area contributed by atoms with Gasteiger partial charge in [-0.3, -0.25) is 9.78 Å². The highest BCUT2D eigenvalue weighted by Crippen LogP contribution is 2.40. The Morgan fingerprint density at radius 3 is 2.93 bits per heavy atom. The first kappa shape index (κ1) is 19.7. The quantitative estimate of drug-likeness (QED) is 0.828. The van der Waals surface area contributed by atoms with Crippen LogP contribution in [0.3, 0.4) is 0 Å². The van der Waals surface area contributed by atoms with E-state index in [4.69, 9.17) is 9.47 Å². The van der Waals surface area contributed by atoms with Crippen LogP contribution >= 0.6 is 0 Å². The lowest BCUT2D eigenvalue weighted by Gasteiger charge is -2.45. The Morgan fingerprint density at radius 2 is 2.17 bits per heavy atom. The second kappa shape index (κ2) is 8.09. The molecule has 0 unspecified atom stereocenters. The number of hydrogen-bond donors (Lipinski definition) is 1. The number of likely N-dealkylation sites (tertiary alicyclic amines) is 1. The number of pyridine rings is 1. The Morgan fingerprint density at radius 1 is 1.30 bits per heavy atom. The van der Waals surface area contributed by atoms with Gasteiger partial charge in [0.05, 0.1) is 24.5 Å². The Labute approximate surface area is 176 Å². The van der Waals surface area contributed by atoms with E-state index in [9.17, 15) is 4.79 Å². The van der Waals surface area contributed by atoms with Crippen molar-refractivity contribution in [2.24, 2.45) is 5.92 Å². The SMILES string of the molecule is Cc1ncccc1NC(=O)[C@H]1Cn2ccnc2C2(CCN(C[C@H]3CCOC3)CC2)O1. The van der Waals surface area contributed by atoms with Gasteiger partial charge >= 0.3 is 0 Å². The first-order chi connectivity index (χ1) is 14.6. The highest BCUT2D eigenvalue weighted by molar-refractivity contribution is 5.94. The highest BCUT2D eigenvalue weighted by atomic mass is 16.5. The minimum Gasteiger partial charge on any atom is -0.381 e. The molecule has 0 aliphatic carbocycles. The van der Waals surface area contributed by atoms with Crippen molar-refractivity contribution in [3.63, 3.8) is 0 Å². The minimum atomic E-state index is -0.555. The second-order valence-corrected chi connectivity index (χ2v) is 8.66. The monoisotopic (exact) mass is 411 g/mol. The van der Waals surface area contributed by atoms with E-state index in [0.717, 1.165) is 69.3 Å². The van der Waals surface area contributed by atoms with Crippen molar-refractivity contribution in [2.75, 3.05) is 38.2 Å². The van der Waals surface area contributed by atoms with Gasteiger partial charge in [-0.25, -0.2) is 4.98 Å². The predicted molar refractivity (Wildman–Crippen MR) is 111 cm³/mol. The van der Waals surface area contributed by atoms with Gasteiger partial charge in [0.15, 0.2) is 6.10 Å². The van der Waals surface area contributed by atoms with Gasteiger partial charge in [-0.1, -0.05) is 0 Å². The summed E-state index contributed by atoms with van der Waals surface area (Å²) >= 11 is 0. The number of nitrogens with zero attached hydrogens (tertiary/aromatic N) is 4. The molecule has 3 aliphatic rings. The van der Waals surface area contributed by atoms with Gasteiger partial charge in [-0.2, -0.15) is 0 Å². The number of carbonyl (C=O) groups excluding carboxylic acids is 1. The Hall–Kier alpha value is -2.29. The lowest BCUT2D eigenvalue weighted by molar-refractivity contribution is -0.170. The van der Waals surface area contributed by atoms with E-state index in [1.807, 2.05) is 31.5 Å². The number of imidazole rings is 1. The summed E-state index contributed by atoms with van der Waals surface area (Å²) in [4.78, 5) is 24.4. The third kappa shape index (κ3) is 3.75. The molecule has 5 heterocycles. The number of ether oxygens (including phenoxy) is 2. The molecule has 3 aliphatic heterocycles. The van der Waals surface area contributed by atoms with Gasteiger partial charge in [0, 0.05) is 44.8 Å². The summed E-state index contributed by atoms with van der Waals surface area (Å²) in [6.07, 6.45) is 7.77. The fourth-order valence-electron chi connectivity index (χ4n) is 4.89. The third-order valence-electron chi connectivity index (χ3n) is 6.61. The van der Waals surface area contributed by atoms with E-state index in [1.165, 1.54) is 0 Å². The van der Waals surface area contributed by atoms with E-state index >= 15 is 0 Å². The lowest BCUT2D eigenvalue weighted by atomic mass is 9.88. The number of nitrogens with one attached hydrogen (secondary N) is 1. The largest absolute Gasteiger partial charge is 0.381 e. The van der Waals surface area contributed by atoms with Gasteiger partial charge < -0.3 is 24.3 Å². The number of aryl methyl sites for hydroxylation is 1. The molecule has 2 aromatic heterocycles. The maximum absolute atomic E-state index is 13.0. The van der Waals surface area contributed by atoms with E-state index in [-0.39, 0.29) is 5.91 Å². The topological polar surface area (TPSA) is 81.5 Å². The molecule has 0 bridgehead atoms. The van der Waals surface area contributed by atoms with Gasteiger partial charge in [0.2, 0.25) is 0 Å². The summed E-state index contributed by atoms with van der Waals surface area (Å²) in [5.74, 6) is 1.46. The van der Waals surface area contributed by atoms with Crippen molar-refractivity contribution in [3.05, 3.63) is 42.2 Å². The molecule has 2 fully saturated rings. The van der Waals surface area contributed by atoms with E-state index < -0.39 is 11.7 Å². The van der Waals surface area contributed by atoms with Crippen molar-refractivity contribution in [1.82, 2.24) is 19.4 Å². The minimum absolute atomic E-state index is 0.129. The van der Waals surface area contributed by atoms with Crippen LogP contribution in [0.5, 0.6) is 0 Å². The second-order valence-electron chi connectivity index (χ2n) is 8.66. The molecule has 0 radical (unpaired) electrons. The predicted octanol–water partition coefficient (Wildman–Crippen LogP) is 1.95. The van der Waals surface area contributed by atoms with Gasteiger partial charge in [0.25, 0.3) is 5.91 Å². The van der Waals surface area contributed by atoms with E-state index in [2.05, 4.69) is 24.8 Å². The lowest BCUT2D eigenvalue weighted by Crippen LogP contribution is -2.53. The first-order valence-corrected chi connectivity index (χ1v) is 10.8. The molecule has 160 valence electrons. The number of anilines is 1. The van der Waals surface area contributed by atoms with Crippen molar-refractivity contribution in [3.8, 4) is 0 Å². The van der Waals surface area contributed by atoms with Crippen LogP contribution in [0, 0.1) is 12.8 Å². The van der Waals surface area contributed by atoms with Crippen molar-refractivity contribution < 1.29 is 14.3 Å². The zero-order valence-electron chi connectivity index (χ0n) is 17.4. The molecule has 1 amide bonds. The number of aromatic nitrogens is 3. The molecule has 0 saturated carbocycles. The maximum Gasteiger partial charge on any atom is 0.255 e. The summed E-state index contributed by atoms with van der Waals surface area (Å²) < 4.78 is 14.1. The molecular formula is C22H29N5O3. The molecule has 0 aromatic carbocycles. The van der Waals surface area contributed by atoms with Crippen LogP contribution in [-0.2, 0) is 26.4 Å². The van der Waals surface area contributed by atoms with Crippen LogP contribution in [-0.4, -0.2) is 64.3 Å². The van der Waals surface area contributed by atoms with Crippen molar-refractivity contribution in [1.29, 1.82) is 0 Å². The highest BCUT2D eigenvalue weighted by Gasteiger charge is 2.47. The molecule has 1 N–H and O–H groups in total. The molecule has 2 aromatic rings. The molecule has 2 saturated heterocycles. The number of hydrogen-bond acceptors (Lipinski definition) is 6. The van der Waals surface area contributed by atoms with Crippen molar-refractivity contribution in [2.45, 2.75) is 44.4 Å². The summed E-state index contributed by atoms with van der Waals surface area (Å²) in [6.45, 7) is 7.09. The van der Waals surface area contributed by atoms with Gasteiger partial charge in [-0.05, 0) is 44.2 Å². The molecule has 5 rings (SSSR count). The zero-order chi connectivity index (χ0) is 20.6. The zero-order valence-corrected chi connectivity index (χ0v) is 17.4. The summed E-state index contributed by atoms with van der Waals surface area (Å²) in [7, 11) is 0. The number of amides is 1. The Kier molecular flexibility index (Phi) is 5.30. The van der Waals surface area contributed by atoms with Crippen LogP contribution in [0.2, 0.25) is 0 Å². The van der Waals surface area contributed by atoms with Crippen LogP contribution in [0.15, 0.2) is 30.7 Å². The summed E-state index contributed by atoms with van der Waals surface area (Å²) in [5, 5.41) is 3.00. The number of carbonyl (C=O) groups is 1. The fourth-order valence-corrected chi connectivity index (χ4v) is 4.89. The first-order valence-electron chi connectivity index (χ1n) is 10.8. The number of rotatable bonds is 4. The van der Waals surface area contributed by atoms with Crippen LogP contribution in [0.25, 0.3) is 0 Å². The van der Waals surface area contributed by atoms with Crippen LogP contribution < -0.4 is 5.32 Å². The molecule has 8 nitrogen and oxygen atoms in total. The number of piperidine rings is 1. The standard InChI is InChI=1S/C22H29N5O3/c1-16-18(3-2-7-23-16)25-20(28)19-14-27-11-8-24-21(27)22(30-19)5-9-26(10-6-22)13-17-4-12-29-15-17/h2-3,7-8,11,17,19H,4-6,9-10,12-15H2,1H3,(H,25,28)/t17-,19-/m1/s1. The average Bonchev–Trinajstić information content (AvgIpc) is 3.44. The molecule has 8 heteroatoms. The van der Waals surface area contributed by atoms with Gasteiger partial charge in [-0.15, -0.1) is 0 Å². The summed E-state index contributed by atoms with van der Waals surface area (Å²) in [6, 6.07) is 3.69. The van der Waals surface area contributed by atoms with E-state index in [0.29, 0.717) is 12.5 Å². The Bertz CT molecular complexity index is 900. The normalized spacial score (nSPS) is 25.9. The van der Waals surface area contributed by atoms with Crippen molar-refractivity contribution >= 4 is 11.6 Å². The molecule has 30 heavy (non-hydrogen) atoms. The van der Waals surface area contributed by atoms with Crippen LogP contribution in [0.1, 0.15) is 30.8 Å². The van der Waals surface area contributed by atoms with Crippen LogP contribution in [0.4, 0.5) is 5.69 Å². The third-order valence-corrected chi connectivity index (χ3v) is 6.61. The summed E-state index contributed by atoms with van der Waals surface area (Å²) in [5.41, 5.74) is 1.02. The number of fused-ring (bicyclic) bond motifs is 2. The smallest absolute Gasteiger partial charge is 0.255 e. The fraction of sp³-hybridized carbons (Fsp3) is 0.591. The van der Waals surface area contributed by atoms with E-state index in [1.54, 1.807) is 6.20 Å². The Balaban J connectivity index is 1.29.